The predicted molar refractivity (Wildman–Crippen MR) is 74.8 cm³/mol. The largest absolute Gasteiger partial charge is 0.392 e. The molecule has 19 heavy (non-hydrogen) atoms. The van der Waals surface area contributed by atoms with Gasteiger partial charge in [-0.25, -0.2) is 4.98 Å². The Hall–Kier alpha value is -0.980. The van der Waals surface area contributed by atoms with Gasteiger partial charge in [0.1, 0.15) is 0 Å². The summed E-state index contributed by atoms with van der Waals surface area (Å²) in [6.07, 6.45) is 1.42. The van der Waals surface area contributed by atoms with Crippen molar-refractivity contribution in [1.82, 2.24) is 10.3 Å². The number of rotatable bonds is 3. The van der Waals surface area contributed by atoms with E-state index in [9.17, 15) is 9.90 Å². The molecule has 0 radical (unpaired) electrons. The van der Waals surface area contributed by atoms with Crippen molar-refractivity contribution in [2.24, 2.45) is 11.7 Å². The molecule has 2 rings (SSSR count). The highest BCUT2D eigenvalue weighted by Gasteiger charge is 2.30. The van der Waals surface area contributed by atoms with Crippen molar-refractivity contribution in [1.29, 1.82) is 0 Å². The maximum atomic E-state index is 12.1. The second-order valence-corrected chi connectivity index (χ2v) is 6.49. The van der Waals surface area contributed by atoms with Gasteiger partial charge < -0.3 is 16.2 Å². The zero-order chi connectivity index (χ0) is 14.0. The first-order chi connectivity index (χ1) is 8.97. The van der Waals surface area contributed by atoms with E-state index >= 15 is 0 Å². The Labute approximate surface area is 117 Å². The number of amides is 1. The molecule has 106 valence electrons. The Balaban J connectivity index is 1.86. The third-order valence-corrected chi connectivity index (χ3v) is 4.73. The van der Waals surface area contributed by atoms with Crippen molar-refractivity contribution in [3.63, 3.8) is 0 Å². The van der Waals surface area contributed by atoms with Crippen LogP contribution in [-0.2, 0) is 11.3 Å². The van der Waals surface area contributed by atoms with Gasteiger partial charge in [0.15, 0.2) is 0 Å². The summed E-state index contributed by atoms with van der Waals surface area (Å²) in [7, 11) is 0. The summed E-state index contributed by atoms with van der Waals surface area (Å²) >= 11 is 1.61. The van der Waals surface area contributed by atoms with Crippen LogP contribution in [0, 0.1) is 19.8 Å². The number of aliphatic hydroxyl groups excluding tert-OH is 1. The molecule has 1 aromatic rings. The molecule has 1 aliphatic rings. The molecule has 3 atom stereocenters. The van der Waals surface area contributed by atoms with Gasteiger partial charge in [-0.05, 0) is 33.1 Å². The van der Waals surface area contributed by atoms with Gasteiger partial charge in [0.05, 0.1) is 23.4 Å². The van der Waals surface area contributed by atoms with Gasteiger partial charge in [-0.1, -0.05) is 0 Å². The van der Waals surface area contributed by atoms with Crippen LogP contribution in [0.4, 0.5) is 0 Å². The van der Waals surface area contributed by atoms with Gasteiger partial charge in [-0.15, -0.1) is 11.3 Å². The van der Waals surface area contributed by atoms with Crippen LogP contribution in [0.25, 0.3) is 0 Å². The van der Waals surface area contributed by atoms with Crippen molar-refractivity contribution < 1.29 is 9.90 Å². The number of carbonyl (C=O) groups excluding carboxylic acids is 1. The fourth-order valence-corrected chi connectivity index (χ4v) is 3.35. The van der Waals surface area contributed by atoms with Gasteiger partial charge in [0, 0.05) is 16.8 Å². The fraction of sp³-hybridized carbons (Fsp3) is 0.692. The molecule has 0 spiro atoms. The minimum atomic E-state index is -0.463. The molecular formula is C13H21N3O2S. The van der Waals surface area contributed by atoms with Crippen LogP contribution in [0.5, 0.6) is 0 Å². The average molecular weight is 283 g/mol. The third kappa shape index (κ3) is 3.52. The zero-order valence-corrected chi connectivity index (χ0v) is 12.2. The number of aliphatic hydroxyl groups is 1. The molecule has 1 fully saturated rings. The predicted octanol–water partition coefficient (Wildman–Crippen LogP) is 0.864. The summed E-state index contributed by atoms with van der Waals surface area (Å²) in [5.41, 5.74) is 6.79. The lowest BCUT2D eigenvalue weighted by Crippen LogP contribution is -2.44. The van der Waals surface area contributed by atoms with Gasteiger partial charge >= 0.3 is 0 Å². The molecule has 1 aromatic heterocycles. The first-order valence-electron chi connectivity index (χ1n) is 6.61. The minimum absolute atomic E-state index is 0.0350. The third-order valence-electron chi connectivity index (χ3n) is 3.66. The zero-order valence-electron chi connectivity index (χ0n) is 11.3. The fourth-order valence-electron chi connectivity index (χ4n) is 2.48. The number of nitrogens with zero attached hydrogens (tertiary/aromatic N) is 1. The molecule has 4 N–H and O–H groups in total. The van der Waals surface area contributed by atoms with Crippen LogP contribution in [0.15, 0.2) is 0 Å². The van der Waals surface area contributed by atoms with Gasteiger partial charge in [-0.3, -0.25) is 4.79 Å². The van der Waals surface area contributed by atoms with E-state index in [1.54, 1.807) is 11.3 Å². The lowest BCUT2D eigenvalue weighted by molar-refractivity contribution is -0.127. The summed E-state index contributed by atoms with van der Waals surface area (Å²) in [4.78, 5) is 17.5. The highest BCUT2D eigenvalue weighted by molar-refractivity contribution is 7.11. The number of aryl methyl sites for hydroxylation is 2. The molecule has 1 aliphatic carbocycles. The van der Waals surface area contributed by atoms with Crippen LogP contribution >= 0.6 is 11.3 Å². The number of carbonyl (C=O) groups is 1. The smallest absolute Gasteiger partial charge is 0.223 e. The Morgan fingerprint density at radius 3 is 2.84 bits per heavy atom. The number of thiazole rings is 1. The topological polar surface area (TPSA) is 88.2 Å². The molecule has 6 heteroatoms. The van der Waals surface area contributed by atoms with Crippen LogP contribution in [0.1, 0.15) is 34.8 Å². The molecule has 1 saturated carbocycles. The first-order valence-corrected chi connectivity index (χ1v) is 7.43. The Bertz CT molecular complexity index is 461. The molecule has 0 aliphatic heterocycles. The van der Waals surface area contributed by atoms with Crippen molar-refractivity contribution in [2.45, 2.75) is 51.8 Å². The normalized spacial score (nSPS) is 27.3. The Morgan fingerprint density at radius 2 is 2.26 bits per heavy atom. The molecule has 0 saturated heterocycles. The summed E-state index contributed by atoms with van der Waals surface area (Å²) in [5, 5.41) is 13.5. The van der Waals surface area contributed by atoms with Crippen LogP contribution in [0.3, 0.4) is 0 Å². The van der Waals surface area contributed by atoms with E-state index in [0.29, 0.717) is 25.8 Å². The minimum Gasteiger partial charge on any atom is -0.392 e. The Kier molecular flexibility index (Phi) is 4.54. The number of hydrogen-bond donors (Lipinski definition) is 3. The number of nitrogens with one attached hydrogen (secondary N) is 1. The summed E-state index contributed by atoms with van der Waals surface area (Å²) < 4.78 is 0. The van der Waals surface area contributed by atoms with Crippen LogP contribution in [-0.4, -0.2) is 28.1 Å². The summed E-state index contributed by atoms with van der Waals surface area (Å²) in [5.74, 6) is -0.0412. The molecule has 1 heterocycles. The first kappa shape index (κ1) is 14.4. The maximum Gasteiger partial charge on any atom is 0.223 e. The van der Waals surface area contributed by atoms with Crippen molar-refractivity contribution in [2.75, 3.05) is 0 Å². The highest BCUT2D eigenvalue weighted by atomic mass is 32.1. The molecule has 0 unspecified atom stereocenters. The van der Waals surface area contributed by atoms with Gasteiger partial charge in [0.2, 0.25) is 5.91 Å². The second kappa shape index (κ2) is 5.98. The van der Waals surface area contributed by atoms with E-state index in [0.717, 1.165) is 15.6 Å². The van der Waals surface area contributed by atoms with Crippen LogP contribution in [0.2, 0.25) is 0 Å². The Morgan fingerprint density at radius 1 is 1.53 bits per heavy atom. The molecule has 0 aromatic carbocycles. The van der Waals surface area contributed by atoms with Crippen LogP contribution < -0.4 is 11.1 Å². The van der Waals surface area contributed by atoms with Crippen molar-refractivity contribution in [3.05, 3.63) is 15.6 Å². The van der Waals surface area contributed by atoms with Crippen molar-refractivity contribution in [3.8, 4) is 0 Å². The lowest BCUT2D eigenvalue weighted by Gasteiger charge is -2.29. The molecular weight excluding hydrogens is 262 g/mol. The molecule has 1 amide bonds. The van der Waals surface area contributed by atoms with E-state index in [-0.39, 0.29) is 17.9 Å². The quantitative estimate of drug-likeness (QED) is 0.768. The van der Waals surface area contributed by atoms with E-state index in [1.165, 1.54) is 0 Å². The summed E-state index contributed by atoms with van der Waals surface area (Å²) in [6.45, 7) is 4.45. The highest BCUT2D eigenvalue weighted by Crippen LogP contribution is 2.24. The number of aromatic nitrogens is 1. The number of hydrogen-bond acceptors (Lipinski definition) is 5. The average Bonchev–Trinajstić information content (AvgIpc) is 2.68. The maximum absolute atomic E-state index is 12.1. The van der Waals surface area contributed by atoms with E-state index in [4.69, 9.17) is 5.73 Å². The SMILES string of the molecule is Cc1nc(C)c(CNC(=O)[C@H]2CC[C@@H](O)[C@H](N)C2)s1. The molecule has 5 nitrogen and oxygen atoms in total. The monoisotopic (exact) mass is 283 g/mol. The van der Waals surface area contributed by atoms with Crippen molar-refractivity contribution >= 4 is 17.2 Å². The summed E-state index contributed by atoms with van der Waals surface area (Å²) in [6, 6.07) is -0.281. The van der Waals surface area contributed by atoms with E-state index < -0.39 is 6.10 Å². The lowest BCUT2D eigenvalue weighted by atomic mass is 9.84. The second-order valence-electron chi connectivity index (χ2n) is 5.20. The van der Waals surface area contributed by atoms with E-state index in [1.807, 2.05) is 13.8 Å². The number of nitrogens with two attached hydrogens (primary N) is 1. The van der Waals surface area contributed by atoms with E-state index in [2.05, 4.69) is 10.3 Å². The molecule has 0 bridgehead atoms. The van der Waals surface area contributed by atoms with Gasteiger partial charge in [0.25, 0.3) is 0 Å². The van der Waals surface area contributed by atoms with Gasteiger partial charge in [-0.2, -0.15) is 0 Å². The standard InChI is InChI=1S/C13H21N3O2S/c1-7-12(19-8(2)16-7)6-15-13(18)9-3-4-11(17)10(14)5-9/h9-11,17H,3-6,14H2,1-2H3,(H,15,18)/t9-,10+,11+/m0/s1.